The molecule has 3 aliphatic heterocycles. The average molecular weight is 608 g/mol. The summed E-state index contributed by atoms with van der Waals surface area (Å²) in [5.41, 5.74) is 0. The van der Waals surface area contributed by atoms with E-state index in [4.69, 9.17) is 0 Å². The van der Waals surface area contributed by atoms with E-state index in [1.165, 1.54) is 83.7 Å². The van der Waals surface area contributed by atoms with Crippen molar-refractivity contribution in [2.45, 2.75) is 102 Å². The molecular formula is C33H54ClN3O3S. The highest BCUT2D eigenvalue weighted by atomic mass is 35.5. The van der Waals surface area contributed by atoms with Gasteiger partial charge in [0.05, 0.1) is 4.91 Å². The van der Waals surface area contributed by atoms with Crippen LogP contribution >= 0.6 is 11.6 Å². The third-order valence-electron chi connectivity index (χ3n) is 8.14. The summed E-state index contributed by atoms with van der Waals surface area (Å²) >= 11 is 4.64. The first kappa shape index (κ1) is 35.6. The molecule has 8 heteroatoms. The molecule has 1 amide bonds. The minimum absolute atomic E-state index is 0.420. The van der Waals surface area contributed by atoms with Crippen LogP contribution in [0, 0.1) is 18.8 Å². The lowest BCUT2D eigenvalue weighted by atomic mass is 9.99. The lowest BCUT2D eigenvalue weighted by molar-refractivity contribution is -0.133. The summed E-state index contributed by atoms with van der Waals surface area (Å²) in [6.45, 7) is 5.93. The Morgan fingerprint density at radius 3 is 1.88 bits per heavy atom. The number of nitrogens with zero attached hydrogens (tertiary/aromatic N) is 3. The van der Waals surface area contributed by atoms with Gasteiger partial charge in [0, 0.05) is 45.0 Å². The zero-order valence-electron chi connectivity index (χ0n) is 25.4. The quantitative estimate of drug-likeness (QED) is 0.256. The number of carbonyl (C=O) groups excluding carboxylic acids is 1. The number of hydrogen-bond donors (Lipinski definition) is 0. The Morgan fingerprint density at radius 1 is 0.805 bits per heavy atom. The SMILES string of the molecule is C#C.C1CC1.CCl.O=C(CC1CC1)N1CCC(N2CCCCC2)CC1.O=S(=O)(C1=CC=CCC=C1)N1CCCCC1. The van der Waals surface area contributed by atoms with Gasteiger partial charge in [-0.05, 0) is 88.9 Å². The van der Waals surface area contributed by atoms with Crippen molar-refractivity contribution in [3.05, 3.63) is 35.3 Å². The molecule has 0 radical (unpaired) electrons. The number of likely N-dealkylation sites (tertiary alicyclic amines) is 2. The van der Waals surface area contributed by atoms with Gasteiger partial charge in [-0.2, -0.15) is 4.31 Å². The smallest absolute Gasteiger partial charge is 0.243 e. The predicted octanol–water partition coefficient (Wildman–Crippen LogP) is 6.74. The van der Waals surface area contributed by atoms with Crippen molar-refractivity contribution in [2.75, 3.05) is 45.7 Å². The molecule has 5 fully saturated rings. The molecule has 3 aliphatic carbocycles. The number of carbonyl (C=O) groups is 1. The standard InChI is InChI=1S/C15H26N2O.C12H17NO2S.C3H6.C2H2.CH3Cl/c18-15(12-13-4-5-13)17-10-6-14(7-11-17)16-8-2-1-3-9-16;14-16(15,13-10-6-3-7-11-13)12-8-4-1-2-5-9-12;1-2-3-1;2*1-2/h13-14H,1-12H2;1,4-5,8-9H,2-3,6-7,10-11H2;1-3H2;1-2H;1H3. The van der Waals surface area contributed by atoms with Gasteiger partial charge in [-0.15, -0.1) is 24.4 Å². The van der Waals surface area contributed by atoms with Gasteiger partial charge in [0.2, 0.25) is 15.9 Å². The minimum Gasteiger partial charge on any atom is -0.343 e. The maximum Gasteiger partial charge on any atom is 0.243 e. The molecule has 41 heavy (non-hydrogen) atoms. The third-order valence-corrected chi connectivity index (χ3v) is 10.1. The molecule has 0 spiro atoms. The second kappa shape index (κ2) is 20.3. The van der Waals surface area contributed by atoms with E-state index in [1.807, 2.05) is 18.2 Å². The Morgan fingerprint density at radius 2 is 1.34 bits per heavy atom. The van der Waals surface area contributed by atoms with Gasteiger partial charge < -0.3 is 9.80 Å². The van der Waals surface area contributed by atoms with E-state index in [0.717, 1.165) is 57.2 Å². The van der Waals surface area contributed by atoms with Crippen molar-refractivity contribution in [3.63, 3.8) is 0 Å². The lowest BCUT2D eigenvalue weighted by Crippen LogP contribution is -2.48. The van der Waals surface area contributed by atoms with Gasteiger partial charge in [0.15, 0.2) is 0 Å². The Kier molecular flexibility index (Phi) is 17.7. The molecule has 0 atom stereocenters. The van der Waals surface area contributed by atoms with E-state index in [2.05, 4.69) is 34.2 Å². The zero-order valence-corrected chi connectivity index (χ0v) is 27.0. The Hall–Kier alpha value is -1.59. The molecule has 6 nitrogen and oxygen atoms in total. The number of sulfonamides is 1. The Balaban J connectivity index is 0.000000235. The van der Waals surface area contributed by atoms with Crippen LogP contribution in [-0.2, 0) is 14.8 Å². The number of halogens is 1. The highest BCUT2D eigenvalue weighted by molar-refractivity contribution is 7.93. The number of piperidine rings is 3. The monoisotopic (exact) mass is 607 g/mol. The fourth-order valence-electron chi connectivity index (χ4n) is 5.45. The molecule has 6 aliphatic rings. The van der Waals surface area contributed by atoms with E-state index in [1.54, 1.807) is 16.5 Å². The minimum atomic E-state index is -3.25. The van der Waals surface area contributed by atoms with Crippen LogP contribution in [0.3, 0.4) is 0 Å². The van der Waals surface area contributed by atoms with Gasteiger partial charge in [-0.25, -0.2) is 8.42 Å². The summed E-state index contributed by atoms with van der Waals surface area (Å²) in [4.78, 5) is 17.3. The highest BCUT2D eigenvalue weighted by Gasteiger charge is 2.31. The Labute approximate surface area is 256 Å². The first-order valence-corrected chi connectivity index (χ1v) is 18.0. The Bertz CT molecular complexity index is 947. The molecule has 6 rings (SSSR count). The lowest BCUT2D eigenvalue weighted by Gasteiger charge is -2.40. The fourth-order valence-corrected chi connectivity index (χ4v) is 7.00. The first-order chi connectivity index (χ1) is 20.0. The topological polar surface area (TPSA) is 60.9 Å². The second-order valence-corrected chi connectivity index (χ2v) is 13.5. The molecule has 0 N–H and O–H groups in total. The van der Waals surface area contributed by atoms with Gasteiger partial charge in [-0.1, -0.05) is 50.3 Å². The largest absolute Gasteiger partial charge is 0.343 e. The number of terminal acetylenes is 1. The number of rotatable bonds is 5. The maximum absolute atomic E-state index is 12.3. The number of alkyl halides is 1. The van der Waals surface area contributed by atoms with E-state index in [-0.39, 0.29) is 0 Å². The molecule has 0 bridgehead atoms. The molecule has 0 aromatic heterocycles. The van der Waals surface area contributed by atoms with Gasteiger partial charge in [0.25, 0.3) is 0 Å². The number of allylic oxidation sites excluding steroid dienone is 5. The van der Waals surface area contributed by atoms with Crippen LogP contribution in [-0.4, -0.2) is 80.1 Å². The second-order valence-electron chi connectivity index (χ2n) is 11.5. The molecule has 232 valence electrons. The summed E-state index contributed by atoms with van der Waals surface area (Å²) in [5.74, 6) is 1.16. The van der Waals surface area contributed by atoms with Crippen LogP contribution in [0.15, 0.2) is 35.3 Å². The highest BCUT2D eigenvalue weighted by Crippen LogP contribution is 2.33. The van der Waals surface area contributed by atoms with Crippen molar-refractivity contribution in [1.82, 2.24) is 14.1 Å². The summed E-state index contributed by atoms with van der Waals surface area (Å²) in [7, 11) is -3.25. The van der Waals surface area contributed by atoms with Crippen LogP contribution in [0.5, 0.6) is 0 Å². The predicted molar refractivity (Wildman–Crippen MR) is 173 cm³/mol. The molecule has 3 heterocycles. The molecule has 3 saturated heterocycles. The molecule has 0 unspecified atom stereocenters. The van der Waals surface area contributed by atoms with Gasteiger partial charge in [-0.3, -0.25) is 4.79 Å². The van der Waals surface area contributed by atoms with Crippen LogP contribution < -0.4 is 0 Å². The first-order valence-electron chi connectivity index (χ1n) is 15.8. The van der Waals surface area contributed by atoms with Crippen LogP contribution in [0.4, 0.5) is 0 Å². The number of amides is 1. The van der Waals surface area contributed by atoms with Crippen LogP contribution in [0.25, 0.3) is 0 Å². The van der Waals surface area contributed by atoms with E-state index in [9.17, 15) is 13.2 Å². The third kappa shape index (κ3) is 13.5. The summed E-state index contributed by atoms with van der Waals surface area (Å²) in [6.07, 6.45) is 36.9. The fraction of sp³-hybridized carbons (Fsp3) is 0.727. The van der Waals surface area contributed by atoms with Crippen molar-refractivity contribution in [2.24, 2.45) is 5.92 Å². The van der Waals surface area contributed by atoms with Crippen LogP contribution in [0.1, 0.15) is 96.3 Å². The molecule has 0 aromatic carbocycles. The van der Waals surface area contributed by atoms with Crippen molar-refractivity contribution in [3.8, 4) is 12.8 Å². The molecule has 0 aromatic rings. The average Bonchev–Trinajstić information content (AvgIpc) is 3.93. The summed E-state index contributed by atoms with van der Waals surface area (Å²) in [6, 6.07) is 0.760. The van der Waals surface area contributed by atoms with Crippen LogP contribution in [0.2, 0.25) is 0 Å². The number of hydrogen-bond acceptors (Lipinski definition) is 4. The van der Waals surface area contributed by atoms with E-state index in [0.29, 0.717) is 23.9 Å². The molecular weight excluding hydrogens is 554 g/mol. The zero-order chi connectivity index (χ0) is 29.9. The molecule has 2 saturated carbocycles. The van der Waals surface area contributed by atoms with Crippen molar-refractivity contribution < 1.29 is 13.2 Å². The van der Waals surface area contributed by atoms with Crippen molar-refractivity contribution in [1.29, 1.82) is 0 Å². The van der Waals surface area contributed by atoms with E-state index < -0.39 is 10.0 Å². The van der Waals surface area contributed by atoms with Crippen molar-refractivity contribution >= 4 is 27.5 Å². The maximum atomic E-state index is 12.3. The van der Waals surface area contributed by atoms with Gasteiger partial charge in [0.1, 0.15) is 0 Å². The van der Waals surface area contributed by atoms with Gasteiger partial charge >= 0.3 is 0 Å². The summed E-state index contributed by atoms with van der Waals surface area (Å²) < 4.78 is 26.1. The normalized spacial score (nSPS) is 22.9. The van der Waals surface area contributed by atoms with E-state index >= 15 is 0 Å². The summed E-state index contributed by atoms with van der Waals surface area (Å²) in [5, 5.41) is 0.